The van der Waals surface area contributed by atoms with Crippen LogP contribution in [0.25, 0.3) is 0 Å². The van der Waals surface area contributed by atoms with Gasteiger partial charge in [-0.1, -0.05) is 103 Å². The van der Waals surface area contributed by atoms with Gasteiger partial charge in [-0.15, -0.1) is 0 Å². The summed E-state index contributed by atoms with van der Waals surface area (Å²) >= 11 is 0. The lowest BCUT2D eigenvalue weighted by molar-refractivity contribution is -0.881. The summed E-state index contributed by atoms with van der Waals surface area (Å²) < 4.78 is 34.3. The van der Waals surface area contributed by atoms with Crippen LogP contribution < -0.4 is 4.89 Å². The van der Waals surface area contributed by atoms with Crippen LogP contribution in [0.3, 0.4) is 0 Å². The van der Waals surface area contributed by atoms with E-state index in [4.69, 9.17) is 18.7 Å². The molecular formula is C27H56NO7P. The molecule has 0 aromatic rings. The largest absolute Gasteiger partial charge is 0.756 e. The molecule has 1 rings (SSSR count). The van der Waals surface area contributed by atoms with Crippen LogP contribution in [0, 0.1) is 0 Å². The van der Waals surface area contributed by atoms with Crippen molar-refractivity contribution in [2.24, 2.45) is 0 Å². The molecule has 1 fully saturated rings. The van der Waals surface area contributed by atoms with Gasteiger partial charge in [0.1, 0.15) is 12.6 Å². The summed E-state index contributed by atoms with van der Waals surface area (Å²) in [6.45, 7) is 2.93. The zero-order valence-electron chi connectivity index (χ0n) is 23.9. The number of unbranched alkanes of at least 4 members (excludes halogenated alkanes) is 14. The lowest BCUT2D eigenvalue weighted by atomic mass is 10.0. The van der Waals surface area contributed by atoms with Gasteiger partial charge in [0.25, 0.3) is 13.6 Å². The van der Waals surface area contributed by atoms with Crippen LogP contribution in [-0.2, 0) is 23.3 Å². The van der Waals surface area contributed by atoms with E-state index in [0.29, 0.717) is 11.1 Å². The van der Waals surface area contributed by atoms with E-state index in [9.17, 15) is 14.4 Å². The van der Waals surface area contributed by atoms with E-state index >= 15 is 0 Å². The Balaban J connectivity index is 2.15. The Bertz CT molecular complexity index is 587. The second kappa shape index (κ2) is 18.3. The molecule has 1 heterocycles. The molecule has 0 bridgehead atoms. The molecule has 1 aliphatic heterocycles. The van der Waals surface area contributed by atoms with Crippen LogP contribution in [0.15, 0.2) is 0 Å². The van der Waals surface area contributed by atoms with Crippen LogP contribution >= 0.6 is 7.82 Å². The molecule has 8 nitrogen and oxygen atoms in total. The summed E-state index contributed by atoms with van der Waals surface area (Å²) in [5.74, 6) is -1.65. The Hall–Kier alpha value is -0.0500. The van der Waals surface area contributed by atoms with Crippen molar-refractivity contribution in [1.29, 1.82) is 0 Å². The van der Waals surface area contributed by atoms with E-state index in [0.717, 1.165) is 12.8 Å². The molecule has 0 saturated carbocycles. The second-order valence-corrected chi connectivity index (χ2v) is 12.7. The Morgan fingerprint density at radius 3 is 1.69 bits per heavy atom. The maximum absolute atomic E-state index is 11.5. The Morgan fingerprint density at radius 1 is 0.861 bits per heavy atom. The third-order valence-electron chi connectivity index (χ3n) is 6.90. The number of phosphoric ester groups is 1. The van der Waals surface area contributed by atoms with Crippen molar-refractivity contribution in [3.05, 3.63) is 0 Å². The molecule has 0 radical (unpaired) electrons. The highest BCUT2D eigenvalue weighted by Crippen LogP contribution is 2.41. The number of rotatable bonds is 22. The third-order valence-corrected chi connectivity index (χ3v) is 7.44. The van der Waals surface area contributed by atoms with Crippen LogP contribution in [-0.4, -0.2) is 75.4 Å². The number of quaternary nitrogens is 1. The minimum Gasteiger partial charge on any atom is -0.756 e. The molecule has 0 spiro atoms. The Morgan fingerprint density at radius 2 is 1.33 bits per heavy atom. The summed E-state index contributed by atoms with van der Waals surface area (Å²) in [4.78, 5) is 20.9. The van der Waals surface area contributed by atoms with Gasteiger partial charge in [0.15, 0.2) is 0 Å². The van der Waals surface area contributed by atoms with E-state index < -0.39 is 19.7 Å². The zero-order valence-corrected chi connectivity index (χ0v) is 24.8. The van der Waals surface area contributed by atoms with E-state index in [-0.39, 0.29) is 19.3 Å². The number of hydrogen-bond donors (Lipinski definition) is 1. The molecule has 216 valence electrons. The summed E-state index contributed by atoms with van der Waals surface area (Å²) in [7, 11) is 1.97. The van der Waals surface area contributed by atoms with E-state index in [1.54, 1.807) is 0 Å². The van der Waals surface area contributed by atoms with Crippen LogP contribution in [0.5, 0.6) is 0 Å². The standard InChI is InChI=1S/C27H56NO7P/c1-6-7-8-9-10-11-12-13-14-15-16-17-18-19-20-21-25-22-34-26(23-33-25)27(32-5,24-28(2,3)4)35-36(29,30)31/h25-26H,6-24H2,1-5H3,(H-,29,30,31)/t25-,26-,27?/m0/s1. The highest BCUT2D eigenvalue weighted by molar-refractivity contribution is 7.44. The van der Waals surface area contributed by atoms with Crippen molar-refractivity contribution >= 4 is 7.82 Å². The predicted octanol–water partition coefficient (Wildman–Crippen LogP) is 5.56. The second-order valence-electron chi connectivity index (χ2n) is 11.5. The molecule has 36 heavy (non-hydrogen) atoms. The fraction of sp³-hybridized carbons (Fsp3) is 1.00. The molecule has 0 aliphatic carbocycles. The van der Waals surface area contributed by atoms with Gasteiger partial charge in [-0.25, -0.2) is 0 Å². The van der Waals surface area contributed by atoms with Gasteiger partial charge in [0.05, 0.1) is 40.5 Å². The average molecular weight is 538 g/mol. The molecule has 0 aromatic heterocycles. The van der Waals surface area contributed by atoms with Gasteiger partial charge < -0.3 is 28.5 Å². The van der Waals surface area contributed by atoms with Crippen molar-refractivity contribution in [2.45, 2.75) is 128 Å². The Kier molecular flexibility index (Phi) is 17.2. The summed E-state index contributed by atoms with van der Waals surface area (Å²) in [5.41, 5.74) is 0. The first kappa shape index (κ1) is 34.0. The lowest BCUT2D eigenvalue weighted by Crippen LogP contribution is -2.61. The van der Waals surface area contributed by atoms with Crippen molar-refractivity contribution in [1.82, 2.24) is 0 Å². The molecule has 4 atom stereocenters. The van der Waals surface area contributed by atoms with Gasteiger partial charge >= 0.3 is 0 Å². The van der Waals surface area contributed by atoms with Crippen molar-refractivity contribution in [3.8, 4) is 0 Å². The van der Waals surface area contributed by atoms with E-state index in [1.165, 1.54) is 97.0 Å². The van der Waals surface area contributed by atoms with Crippen molar-refractivity contribution < 1.29 is 37.6 Å². The van der Waals surface area contributed by atoms with Gasteiger partial charge in [-0.3, -0.25) is 9.09 Å². The number of likely N-dealkylation sites (N-methyl/N-ethyl adjacent to an activating group) is 1. The maximum atomic E-state index is 11.5. The summed E-state index contributed by atoms with van der Waals surface area (Å²) in [5, 5.41) is 0. The number of phosphoric acid groups is 1. The molecule has 1 saturated heterocycles. The molecule has 2 unspecified atom stereocenters. The molecule has 1 N–H and O–H groups in total. The maximum Gasteiger partial charge on any atom is 0.268 e. The van der Waals surface area contributed by atoms with Crippen LogP contribution in [0.1, 0.15) is 110 Å². The van der Waals surface area contributed by atoms with Crippen LogP contribution in [0.2, 0.25) is 0 Å². The number of hydrogen-bond acceptors (Lipinski definition) is 6. The molecule has 0 aromatic carbocycles. The molecular weight excluding hydrogens is 481 g/mol. The zero-order chi connectivity index (χ0) is 26.9. The Labute approximate surface area is 221 Å². The first-order valence-corrected chi connectivity index (χ1v) is 15.8. The normalized spacial score (nSPS) is 22.3. The van der Waals surface area contributed by atoms with Gasteiger partial charge in [-0.2, -0.15) is 0 Å². The molecule has 1 aliphatic rings. The van der Waals surface area contributed by atoms with Crippen molar-refractivity contribution in [2.75, 3.05) is 48.0 Å². The monoisotopic (exact) mass is 537 g/mol. The van der Waals surface area contributed by atoms with Gasteiger partial charge in [0.2, 0.25) is 0 Å². The number of methoxy groups -OCH3 is 1. The van der Waals surface area contributed by atoms with Gasteiger partial charge in [-0.05, 0) is 6.42 Å². The SMILES string of the molecule is CCCCCCCCCCCCCCCCC[C@H]1CO[C@H](C(C[N+](C)(C)C)(OC)OP(=O)([O-])O)CO1. The molecule has 9 heteroatoms. The average Bonchev–Trinajstić information content (AvgIpc) is 2.79. The lowest BCUT2D eigenvalue weighted by Gasteiger charge is -2.45. The summed E-state index contributed by atoms with van der Waals surface area (Å²) in [6.07, 6.45) is 20.2. The molecule has 0 amide bonds. The van der Waals surface area contributed by atoms with E-state index in [1.807, 2.05) is 21.1 Å². The number of nitrogens with zero attached hydrogens (tertiary/aromatic N) is 1. The fourth-order valence-corrected chi connectivity index (χ4v) is 5.63. The number of ether oxygens (including phenoxy) is 3. The topological polar surface area (TPSA) is 97.3 Å². The smallest absolute Gasteiger partial charge is 0.268 e. The first-order chi connectivity index (χ1) is 17.0. The summed E-state index contributed by atoms with van der Waals surface area (Å²) in [6, 6.07) is 0. The highest BCUT2D eigenvalue weighted by atomic mass is 31.2. The van der Waals surface area contributed by atoms with Gasteiger partial charge in [0, 0.05) is 7.11 Å². The first-order valence-electron chi connectivity index (χ1n) is 14.3. The quantitative estimate of drug-likeness (QED) is 0.0836. The van der Waals surface area contributed by atoms with Crippen molar-refractivity contribution in [3.63, 3.8) is 0 Å². The predicted molar refractivity (Wildman–Crippen MR) is 143 cm³/mol. The third kappa shape index (κ3) is 16.0. The fourth-order valence-electron chi connectivity index (χ4n) is 4.99. The van der Waals surface area contributed by atoms with Crippen LogP contribution in [0.4, 0.5) is 0 Å². The van der Waals surface area contributed by atoms with E-state index in [2.05, 4.69) is 6.92 Å². The minimum absolute atomic E-state index is 0.0184. The highest BCUT2D eigenvalue weighted by Gasteiger charge is 2.50. The minimum atomic E-state index is -5.04.